The Balaban J connectivity index is 2.53. The van der Waals surface area contributed by atoms with Crippen molar-refractivity contribution in [2.45, 2.75) is 19.6 Å². The van der Waals surface area contributed by atoms with Crippen molar-refractivity contribution in [2.24, 2.45) is 0 Å². The van der Waals surface area contributed by atoms with Crippen LogP contribution in [-0.2, 0) is 6.54 Å². The predicted octanol–water partition coefficient (Wildman–Crippen LogP) is 2.46. The van der Waals surface area contributed by atoms with Crippen molar-refractivity contribution < 1.29 is 5.11 Å². The van der Waals surface area contributed by atoms with E-state index in [4.69, 9.17) is 28.3 Å². The summed E-state index contributed by atoms with van der Waals surface area (Å²) in [7, 11) is 0. The molecule has 0 heterocycles. The van der Waals surface area contributed by atoms with E-state index in [9.17, 15) is 0 Å². The SMILES string of the molecule is C[C@@H](O)CNCc1cc(Cl)ccc1Cl. The molecule has 0 fully saturated rings. The first-order chi connectivity index (χ1) is 6.59. The molecule has 1 aromatic rings. The summed E-state index contributed by atoms with van der Waals surface area (Å²) in [6.07, 6.45) is -0.354. The van der Waals surface area contributed by atoms with Gasteiger partial charge in [0.2, 0.25) is 0 Å². The van der Waals surface area contributed by atoms with Gasteiger partial charge in [0, 0.05) is 23.1 Å². The third-order valence-corrected chi connectivity index (χ3v) is 2.37. The van der Waals surface area contributed by atoms with Crippen molar-refractivity contribution in [1.82, 2.24) is 5.32 Å². The lowest BCUT2D eigenvalue weighted by Crippen LogP contribution is -2.23. The van der Waals surface area contributed by atoms with Gasteiger partial charge in [-0.15, -0.1) is 0 Å². The minimum atomic E-state index is -0.354. The molecule has 0 unspecified atom stereocenters. The molecule has 0 amide bonds. The second kappa shape index (κ2) is 5.56. The number of aliphatic hydroxyl groups excluding tert-OH is 1. The van der Waals surface area contributed by atoms with Gasteiger partial charge in [-0.25, -0.2) is 0 Å². The van der Waals surface area contributed by atoms with Gasteiger partial charge >= 0.3 is 0 Å². The summed E-state index contributed by atoms with van der Waals surface area (Å²) in [5, 5.41) is 13.5. The van der Waals surface area contributed by atoms with Gasteiger partial charge in [0.1, 0.15) is 0 Å². The van der Waals surface area contributed by atoms with E-state index in [1.54, 1.807) is 19.1 Å². The highest BCUT2D eigenvalue weighted by Crippen LogP contribution is 2.20. The highest BCUT2D eigenvalue weighted by molar-refractivity contribution is 6.33. The van der Waals surface area contributed by atoms with E-state index >= 15 is 0 Å². The largest absolute Gasteiger partial charge is 0.392 e. The minimum absolute atomic E-state index is 0.354. The van der Waals surface area contributed by atoms with E-state index in [-0.39, 0.29) is 6.10 Å². The summed E-state index contributed by atoms with van der Waals surface area (Å²) < 4.78 is 0. The number of hydrogen-bond donors (Lipinski definition) is 2. The molecule has 1 rings (SSSR count). The van der Waals surface area contributed by atoms with Crippen LogP contribution in [0.25, 0.3) is 0 Å². The average molecular weight is 234 g/mol. The van der Waals surface area contributed by atoms with E-state index in [2.05, 4.69) is 5.32 Å². The van der Waals surface area contributed by atoms with Crippen molar-refractivity contribution in [3.8, 4) is 0 Å². The molecule has 0 aliphatic rings. The zero-order chi connectivity index (χ0) is 10.6. The smallest absolute Gasteiger partial charge is 0.0636 e. The van der Waals surface area contributed by atoms with Crippen molar-refractivity contribution in [3.05, 3.63) is 33.8 Å². The minimum Gasteiger partial charge on any atom is -0.392 e. The van der Waals surface area contributed by atoms with Crippen molar-refractivity contribution in [3.63, 3.8) is 0 Å². The van der Waals surface area contributed by atoms with E-state index in [0.717, 1.165) is 5.56 Å². The maximum absolute atomic E-state index is 9.03. The van der Waals surface area contributed by atoms with Crippen molar-refractivity contribution >= 4 is 23.2 Å². The van der Waals surface area contributed by atoms with E-state index in [1.165, 1.54) is 0 Å². The Bertz CT molecular complexity index is 302. The molecule has 0 saturated heterocycles. The molecule has 0 bridgehead atoms. The molecule has 0 aromatic heterocycles. The second-order valence-electron chi connectivity index (χ2n) is 3.22. The standard InChI is InChI=1S/C10H13Cl2NO/c1-7(14)5-13-6-8-4-9(11)2-3-10(8)12/h2-4,7,13-14H,5-6H2,1H3/t7-/m1/s1. The van der Waals surface area contributed by atoms with Gasteiger partial charge in [0.05, 0.1) is 6.10 Å². The molecule has 0 saturated carbocycles. The third-order valence-electron chi connectivity index (χ3n) is 1.76. The second-order valence-corrected chi connectivity index (χ2v) is 4.06. The number of nitrogens with one attached hydrogen (secondary N) is 1. The first kappa shape index (κ1) is 11.8. The maximum atomic E-state index is 9.03. The maximum Gasteiger partial charge on any atom is 0.0636 e. The number of halogens is 2. The molecule has 0 spiro atoms. The molecule has 14 heavy (non-hydrogen) atoms. The predicted molar refractivity (Wildman–Crippen MR) is 59.8 cm³/mol. The summed E-state index contributed by atoms with van der Waals surface area (Å²) in [5.41, 5.74) is 0.944. The van der Waals surface area contributed by atoms with Gasteiger partial charge in [-0.3, -0.25) is 0 Å². The Labute approximate surface area is 93.8 Å². The lowest BCUT2D eigenvalue weighted by molar-refractivity contribution is 0.191. The van der Waals surface area contributed by atoms with Gasteiger partial charge in [0.15, 0.2) is 0 Å². The summed E-state index contributed by atoms with van der Waals surface area (Å²) >= 11 is 11.8. The molecule has 78 valence electrons. The fraction of sp³-hybridized carbons (Fsp3) is 0.400. The molecule has 0 radical (unpaired) electrons. The first-order valence-electron chi connectivity index (χ1n) is 4.42. The molecule has 2 nitrogen and oxygen atoms in total. The van der Waals surface area contributed by atoms with E-state index in [0.29, 0.717) is 23.1 Å². The Kier molecular flexibility index (Phi) is 4.69. The Morgan fingerprint density at radius 2 is 2.14 bits per heavy atom. The summed E-state index contributed by atoms with van der Waals surface area (Å²) in [4.78, 5) is 0. The molecule has 0 aliphatic carbocycles. The van der Waals surface area contributed by atoms with Gasteiger partial charge in [-0.1, -0.05) is 23.2 Å². The molecule has 1 atom stereocenters. The number of rotatable bonds is 4. The van der Waals surface area contributed by atoms with Crippen LogP contribution >= 0.6 is 23.2 Å². The van der Waals surface area contributed by atoms with Crippen LogP contribution < -0.4 is 5.32 Å². The van der Waals surface area contributed by atoms with E-state index in [1.807, 2.05) is 6.07 Å². The number of benzene rings is 1. The van der Waals surface area contributed by atoms with Crippen LogP contribution in [0.15, 0.2) is 18.2 Å². The molecular formula is C10H13Cl2NO. The molecule has 1 aromatic carbocycles. The summed E-state index contributed by atoms with van der Waals surface area (Å²) in [6, 6.07) is 5.34. The Morgan fingerprint density at radius 1 is 1.43 bits per heavy atom. The Hall–Kier alpha value is -0.280. The molecular weight excluding hydrogens is 221 g/mol. The van der Waals surface area contributed by atoms with Crippen LogP contribution in [-0.4, -0.2) is 17.8 Å². The van der Waals surface area contributed by atoms with Crippen LogP contribution in [0.1, 0.15) is 12.5 Å². The first-order valence-corrected chi connectivity index (χ1v) is 5.18. The van der Waals surface area contributed by atoms with E-state index < -0.39 is 0 Å². The quantitative estimate of drug-likeness (QED) is 0.838. The van der Waals surface area contributed by atoms with Crippen LogP contribution in [0.2, 0.25) is 10.0 Å². The highest BCUT2D eigenvalue weighted by Gasteiger charge is 2.01. The van der Waals surface area contributed by atoms with Crippen LogP contribution in [0, 0.1) is 0 Å². The van der Waals surface area contributed by atoms with Crippen molar-refractivity contribution in [2.75, 3.05) is 6.54 Å². The van der Waals surface area contributed by atoms with Crippen LogP contribution in [0.5, 0.6) is 0 Å². The fourth-order valence-corrected chi connectivity index (χ4v) is 1.47. The van der Waals surface area contributed by atoms with Gasteiger partial charge in [-0.05, 0) is 30.7 Å². The lowest BCUT2D eigenvalue weighted by atomic mass is 10.2. The lowest BCUT2D eigenvalue weighted by Gasteiger charge is -2.08. The van der Waals surface area contributed by atoms with Gasteiger partial charge in [0.25, 0.3) is 0 Å². The zero-order valence-electron chi connectivity index (χ0n) is 7.93. The van der Waals surface area contributed by atoms with Gasteiger partial charge < -0.3 is 10.4 Å². The Morgan fingerprint density at radius 3 is 2.79 bits per heavy atom. The van der Waals surface area contributed by atoms with Crippen LogP contribution in [0.3, 0.4) is 0 Å². The average Bonchev–Trinajstić information content (AvgIpc) is 2.10. The molecule has 2 N–H and O–H groups in total. The highest BCUT2D eigenvalue weighted by atomic mass is 35.5. The van der Waals surface area contributed by atoms with Gasteiger partial charge in [-0.2, -0.15) is 0 Å². The fourth-order valence-electron chi connectivity index (χ4n) is 1.09. The zero-order valence-corrected chi connectivity index (χ0v) is 9.44. The normalized spacial score (nSPS) is 12.9. The molecule has 4 heteroatoms. The van der Waals surface area contributed by atoms with Crippen molar-refractivity contribution in [1.29, 1.82) is 0 Å². The monoisotopic (exact) mass is 233 g/mol. The topological polar surface area (TPSA) is 32.3 Å². The summed E-state index contributed by atoms with van der Waals surface area (Å²) in [5.74, 6) is 0. The van der Waals surface area contributed by atoms with Crippen LogP contribution in [0.4, 0.5) is 0 Å². The third kappa shape index (κ3) is 3.84. The molecule has 0 aliphatic heterocycles. The summed E-state index contributed by atoms with van der Waals surface area (Å²) in [6.45, 7) is 2.89. The number of aliphatic hydroxyl groups is 1. The number of hydrogen-bond acceptors (Lipinski definition) is 2.